The summed E-state index contributed by atoms with van der Waals surface area (Å²) in [6.07, 6.45) is 0. The highest BCUT2D eigenvalue weighted by Crippen LogP contribution is 2.20. The number of carbonyl (C=O) groups is 1. The van der Waals surface area contributed by atoms with Crippen LogP contribution in [-0.2, 0) is 16.1 Å². The molecule has 0 radical (unpaired) electrons. The van der Waals surface area contributed by atoms with Crippen molar-refractivity contribution in [1.82, 2.24) is 0 Å². The summed E-state index contributed by atoms with van der Waals surface area (Å²) in [6.45, 7) is 12.2. The zero-order chi connectivity index (χ0) is 13.2. The Bertz CT molecular complexity index is 402. The van der Waals surface area contributed by atoms with Gasteiger partial charge in [0.2, 0.25) is 0 Å². The molecular weight excluding hydrogens is 212 g/mol. The van der Waals surface area contributed by atoms with E-state index in [-0.39, 0.29) is 5.97 Å². The zero-order valence-electron chi connectivity index (χ0n) is 11.7. The number of ether oxygens (including phenoxy) is 1. The van der Waals surface area contributed by atoms with E-state index in [1.54, 1.807) is 0 Å². The Morgan fingerprint density at radius 3 is 2.00 bits per heavy atom. The minimum absolute atomic E-state index is 0.156. The Hall–Kier alpha value is -1.31. The fourth-order valence-corrected chi connectivity index (χ4v) is 1.79. The molecule has 0 aromatic heterocycles. The predicted octanol–water partition coefficient (Wildman–Crippen LogP) is 3.70. The van der Waals surface area contributed by atoms with Crippen molar-refractivity contribution in [1.29, 1.82) is 0 Å². The topological polar surface area (TPSA) is 26.3 Å². The second kappa shape index (κ2) is 4.91. The van der Waals surface area contributed by atoms with Gasteiger partial charge >= 0.3 is 5.97 Å². The van der Waals surface area contributed by atoms with Crippen molar-refractivity contribution in [2.24, 2.45) is 5.41 Å². The summed E-state index contributed by atoms with van der Waals surface area (Å²) in [7, 11) is 0. The third-order valence-electron chi connectivity index (χ3n) is 2.80. The van der Waals surface area contributed by atoms with Gasteiger partial charge in [-0.1, -0.05) is 17.7 Å². The number of esters is 1. The van der Waals surface area contributed by atoms with Crippen LogP contribution in [0, 0.1) is 26.2 Å². The van der Waals surface area contributed by atoms with Crippen molar-refractivity contribution in [3.63, 3.8) is 0 Å². The molecule has 0 unspecified atom stereocenters. The van der Waals surface area contributed by atoms with E-state index < -0.39 is 5.41 Å². The van der Waals surface area contributed by atoms with Gasteiger partial charge < -0.3 is 4.74 Å². The monoisotopic (exact) mass is 234 g/mol. The summed E-state index contributed by atoms with van der Waals surface area (Å²) in [4.78, 5) is 11.7. The third-order valence-corrected chi connectivity index (χ3v) is 2.80. The highest BCUT2D eigenvalue weighted by molar-refractivity contribution is 5.75. The molecule has 0 N–H and O–H groups in total. The van der Waals surface area contributed by atoms with E-state index in [2.05, 4.69) is 32.9 Å². The van der Waals surface area contributed by atoms with Crippen molar-refractivity contribution in [3.8, 4) is 0 Å². The number of rotatable bonds is 2. The van der Waals surface area contributed by atoms with Gasteiger partial charge in [-0.3, -0.25) is 4.79 Å². The molecule has 0 bridgehead atoms. The van der Waals surface area contributed by atoms with Gasteiger partial charge in [0.05, 0.1) is 5.41 Å². The van der Waals surface area contributed by atoms with Gasteiger partial charge in [-0.05, 0) is 58.2 Å². The van der Waals surface area contributed by atoms with Crippen LogP contribution in [0.15, 0.2) is 12.1 Å². The highest BCUT2D eigenvalue weighted by atomic mass is 16.5. The van der Waals surface area contributed by atoms with E-state index in [0.717, 1.165) is 5.56 Å². The lowest BCUT2D eigenvalue weighted by Crippen LogP contribution is -2.23. The SMILES string of the molecule is Cc1cc(C)c(COC(=O)C(C)(C)C)c(C)c1. The molecule has 2 heteroatoms. The summed E-state index contributed by atoms with van der Waals surface area (Å²) in [6, 6.07) is 4.24. The van der Waals surface area contributed by atoms with E-state index in [0.29, 0.717) is 6.61 Å². The largest absolute Gasteiger partial charge is 0.460 e. The molecule has 0 saturated heterocycles. The van der Waals surface area contributed by atoms with Gasteiger partial charge in [0.1, 0.15) is 6.61 Å². The van der Waals surface area contributed by atoms with Crippen molar-refractivity contribution in [2.75, 3.05) is 0 Å². The molecule has 17 heavy (non-hydrogen) atoms. The summed E-state index contributed by atoms with van der Waals surface area (Å²) in [5, 5.41) is 0. The number of carbonyl (C=O) groups excluding carboxylic acids is 1. The van der Waals surface area contributed by atoms with Crippen molar-refractivity contribution in [2.45, 2.75) is 48.1 Å². The van der Waals surface area contributed by atoms with Crippen molar-refractivity contribution < 1.29 is 9.53 Å². The van der Waals surface area contributed by atoms with Gasteiger partial charge in [0.15, 0.2) is 0 Å². The molecule has 2 nitrogen and oxygen atoms in total. The van der Waals surface area contributed by atoms with E-state index >= 15 is 0 Å². The first-order valence-corrected chi connectivity index (χ1v) is 5.96. The number of hydrogen-bond donors (Lipinski definition) is 0. The number of aryl methyl sites for hydroxylation is 3. The van der Waals surface area contributed by atoms with Crippen LogP contribution < -0.4 is 0 Å². The maximum atomic E-state index is 11.7. The Balaban J connectivity index is 2.80. The third kappa shape index (κ3) is 3.58. The number of benzene rings is 1. The quantitative estimate of drug-likeness (QED) is 0.729. The van der Waals surface area contributed by atoms with Crippen LogP contribution in [0.2, 0.25) is 0 Å². The van der Waals surface area contributed by atoms with Crippen LogP contribution in [0.4, 0.5) is 0 Å². The molecule has 0 heterocycles. The summed E-state index contributed by atoms with van der Waals surface area (Å²) < 4.78 is 5.36. The molecule has 0 fully saturated rings. The Labute approximate surface area is 104 Å². The molecule has 0 aliphatic heterocycles. The molecule has 0 saturated carbocycles. The molecule has 0 amide bonds. The van der Waals surface area contributed by atoms with Crippen LogP contribution in [0.1, 0.15) is 43.0 Å². The fourth-order valence-electron chi connectivity index (χ4n) is 1.79. The highest BCUT2D eigenvalue weighted by Gasteiger charge is 2.23. The summed E-state index contributed by atoms with van der Waals surface area (Å²) in [5.74, 6) is -0.156. The molecule has 94 valence electrons. The Kier molecular flexibility index (Phi) is 3.97. The lowest BCUT2D eigenvalue weighted by atomic mass is 9.97. The second-order valence-corrected chi connectivity index (χ2v) is 5.70. The van der Waals surface area contributed by atoms with Crippen molar-refractivity contribution in [3.05, 3.63) is 34.4 Å². The van der Waals surface area contributed by atoms with E-state index in [9.17, 15) is 4.79 Å². The minimum Gasteiger partial charge on any atom is -0.460 e. The predicted molar refractivity (Wildman–Crippen MR) is 69.9 cm³/mol. The summed E-state index contributed by atoms with van der Waals surface area (Å²) in [5.41, 5.74) is 4.29. The first-order chi connectivity index (χ1) is 7.71. The fraction of sp³-hybridized carbons (Fsp3) is 0.533. The van der Waals surface area contributed by atoms with E-state index in [4.69, 9.17) is 4.74 Å². The van der Waals surface area contributed by atoms with Gasteiger partial charge in [-0.25, -0.2) is 0 Å². The van der Waals surface area contributed by atoms with Gasteiger partial charge in [0.25, 0.3) is 0 Å². The Morgan fingerprint density at radius 1 is 1.12 bits per heavy atom. The zero-order valence-corrected chi connectivity index (χ0v) is 11.7. The normalized spacial score (nSPS) is 11.4. The maximum Gasteiger partial charge on any atom is 0.311 e. The van der Waals surface area contributed by atoms with Crippen LogP contribution in [0.5, 0.6) is 0 Å². The average Bonchev–Trinajstić information content (AvgIpc) is 2.13. The molecule has 0 spiro atoms. The lowest BCUT2D eigenvalue weighted by molar-refractivity contribution is -0.154. The van der Waals surface area contributed by atoms with Crippen LogP contribution in [0.3, 0.4) is 0 Å². The van der Waals surface area contributed by atoms with Crippen LogP contribution in [0.25, 0.3) is 0 Å². The standard InChI is InChI=1S/C15H22O2/c1-10-7-11(2)13(12(3)8-10)9-17-14(16)15(4,5)6/h7-8H,9H2,1-6H3. The first-order valence-electron chi connectivity index (χ1n) is 5.96. The van der Waals surface area contributed by atoms with E-state index in [1.807, 2.05) is 20.8 Å². The van der Waals surface area contributed by atoms with Crippen LogP contribution in [-0.4, -0.2) is 5.97 Å². The van der Waals surface area contributed by atoms with E-state index in [1.165, 1.54) is 16.7 Å². The molecular formula is C15H22O2. The van der Waals surface area contributed by atoms with Crippen LogP contribution >= 0.6 is 0 Å². The number of hydrogen-bond acceptors (Lipinski definition) is 2. The molecule has 0 aliphatic rings. The first kappa shape index (κ1) is 13.8. The average molecular weight is 234 g/mol. The van der Waals surface area contributed by atoms with Gasteiger partial charge in [-0.2, -0.15) is 0 Å². The lowest BCUT2D eigenvalue weighted by Gasteiger charge is -2.18. The molecule has 1 aromatic carbocycles. The molecule has 1 aromatic rings. The second-order valence-electron chi connectivity index (χ2n) is 5.70. The minimum atomic E-state index is -0.438. The molecule has 0 atom stereocenters. The van der Waals surface area contributed by atoms with Crippen molar-refractivity contribution >= 4 is 5.97 Å². The molecule has 0 aliphatic carbocycles. The van der Waals surface area contributed by atoms with Gasteiger partial charge in [-0.15, -0.1) is 0 Å². The maximum absolute atomic E-state index is 11.7. The molecule has 1 rings (SSSR count). The Morgan fingerprint density at radius 2 is 1.59 bits per heavy atom. The smallest absolute Gasteiger partial charge is 0.311 e. The van der Waals surface area contributed by atoms with Gasteiger partial charge in [0, 0.05) is 0 Å². The summed E-state index contributed by atoms with van der Waals surface area (Å²) >= 11 is 0.